The Morgan fingerprint density at radius 1 is 1.53 bits per heavy atom. The lowest BCUT2D eigenvalue weighted by molar-refractivity contribution is -0.117. The van der Waals surface area contributed by atoms with Crippen LogP contribution < -0.4 is 10.6 Å². The van der Waals surface area contributed by atoms with E-state index in [-0.39, 0.29) is 34.7 Å². The molecule has 6 heteroatoms. The van der Waals surface area contributed by atoms with Crippen LogP contribution in [0.1, 0.15) is 32.8 Å². The first-order chi connectivity index (χ1) is 8.72. The topological polar surface area (TPSA) is 78.4 Å². The Labute approximate surface area is 116 Å². The molecule has 102 valence electrons. The summed E-state index contributed by atoms with van der Waals surface area (Å²) in [5.41, 5.74) is 0.651. The monoisotopic (exact) mass is 282 g/mol. The summed E-state index contributed by atoms with van der Waals surface area (Å²) in [4.78, 5) is 22.8. The summed E-state index contributed by atoms with van der Waals surface area (Å²) in [5.74, 6) is -0.505. The first-order valence-electron chi connectivity index (χ1n) is 5.86. The van der Waals surface area contributed by atoms with Crippen molar-refractivity contribution in [3.05, 3.63) is 16.7 Å². The predicted octanol–water partition coefficient (Wildman–Crippen LogP) is 2.62. The minimum atomic E-state index is -0.556. The number of phenolic OH excluding ortho intramolecular Hbond substituents is 1. The van der Waals surface area contributed by atoms with Gasteiger partial charge in [-0.25, -0.2) is 0 Å². The Morgan fingerprint density at radius 2 is 2.16 bits per heavy atom. The molecule has 0 saturated carbocycles. The van der Waals surface area contributed by atoms with Crippen LogP contribution in [0, 0.1) is 0 Å². The summed E-state index contributed by atoms with van der Waals surface area (Å²) in [7, 11) is 0. The maximum absolute atomic E-state index is 11.6. The van der Waals surface area contributed by atoms with Gasteiger partial charge in [0.1, 0.15) is 5.75 Å². The maximum Gasteiger partial charge on any atom is 0.225 e. The molecule has 0 atom stereocenters. The SMILES string of the molecule is CC(=O)Nc1cc(Cl)c2c(c1O)C(C)(C)CC(=O)N2. The van der Waals surface area contributed by atoms with Crippen LogP contribution in [0.25, 0.3) is 0 Å². The van der Waals surface area contributed by atoms with E-state index in [0.29, 0.717) is 11.3 Å². The Balaban J connectivity index is 2.67. The van der Waals surface area contributed by atoms with Gasteiger partial charge in [-0.1, -0.05) is 25.4 Å². The molecular weight excluding hydrogens is 268 g/mol. The van der Waals surface area contributed by atoms with Crippen LogP contribution in [0.3, 0.4) is 0 Å². The van der Waals surface area contributed by atoms with E-state index in [1.165, 1.54) is 13.0 Å². The molecule has 0 aliphatic carbocycles. The molecule has 1 aliphatic rings. The van der Waals surface area contributed by atoms with Crippen LogP contribution in [0.4, 0.5) is 11.4 Å². The number of carbonyl (C=O) groups is 2. The van der Waals surface area contributed by atoms with Crippen molar-refractivity contribution < 1.29 is 14.7 Å². The van der Waals surface area contributed by atoms with Gasteiger partial charge in [0.2, 0.25) is 11.8 Å². The van der Waals surface area contributed by atoms with E-state index in [4.69, 9.17) is 11.6 Å². The molecule has 0 fully saturated rings. The Morgan fingerprint density at radius 3 is 2.74 bits per heavy atom. The zero-order valence-corrected chi connectivity index (χ0v) is 11.7. The van der Waals surface area contributed by atoms with Gasteiger partial charge < -0.3 is 15.7 Å². The average molecular weight is 283 g/mol. The number of carbonyl (C=O) groups excluding carboxylic acids is 2. The molecular formula is C13H15ClN2O3. The van der Waals surface area contributed by atoms with Crippen LogP contribution in [0.2, 0.25) is 5.02 Å². The van der Waals surface area contributed by atoms with Gasteiger partial charge in [-0.05, 0) is 6.07 Å². The molecule has 1 heterocycles. The van der Waals surface area contributed by atoms with E-state index in [9.17, 15) is 14.7 Å². The second-order valence-electron chi connectivity index (χ2n) is 5.29. The van der Waals surface area contributed by atoms with Gasteiger partial charge in [0.05, 0.1) is 16.4 Å². The van der Waals surface area contributed by atoms with Crippen LogP contribution >= 0.6 is 11.6 Å². The number of benzene rings is 1. The number of rotatable bonds is 1. The molecule has 5 nitrogen and oxygen atoms in total. The first kappa shape index (κ1) is 13.7. The highest BCUT2D eigenvalue weighted by atomic mass is 35.5. The third kappa shape index (κ3) is 2.38. The molecule has 1 aromatic carbocycles. The third-order valence-corrected chi connectivity index (χ3v) is 3.40. The zero-order chi connectivity index (χ0) is 14.4. The summed E-state index contributed by atoms with van der Waals surface area (Å²) in [6, 6.07) is 1.43. The van der Waals surface area contributed by atoms with Crippen LogP contribution in [0.15, 0.2) is 6.07 Å². The number of halogens is 1. The number of amides is 2. The summed E-state index contributed by atoms with van der Waals surface area (Å²) < 4.78 is 0. The lowest BCUT2D eigenvalue weighted by Crippen LogP contribution is -2.33. The highest BCUT2D eigenvalue weighted by Gasteiger charge is 2.37. The fourth-order valence-electron chi connectivity index (χ4n) is 2.38. The van der Waals surface area contributed by atoms with Gasteiger partial charge in [-0.15, -0.1) is 0 Å². The normalized spacial score (nSPS) is 16.5. The molecule has 0 saturated heterocycles. The number of aromatic hydroxyl groups is 1. The second-order valence-corrected chi connectivity index (χ2v) is 5.70. The quantitative estimate of drug-likeness (QED) is 0.693. The second kappa shape index (κ2) is 4.42. The lowest BCUT2D eigenvalue weighted by atomic mass is 9.77. The van der Waals surface area contributed by atoms with Crippen LogP contribution in [0.5, 0.6) is 5.75 Å². The number of hydrogen-bond donors (Lipinski definition) is 3. The van der Waals surface area contributed by atoms with E-state index in [2.05, 4.69) is 10.6 Å². The van der Waals surface area contributed by atoms with Crippen molar-refractivity contribution in [3.63, 3.8) is 0 Å². The fraction of sp³-hybridized carbons (Fsp3) is 0.385. The summed E-state index contributed by atoms with van der Waals surface area (Å²) in [6.45, 7) is 5.04. The van der Waals surface area contributed by atoms with E-state index < -0.39 is 5.41 Å². The smallest absolute Gasteiger partial charge is 0.225 e. The zero-order valence-electron chi connectivity index (χ0n) is 10.9. The Hall–Kier alpha value is -1.75. The van der Waals surface area contributed by atoms with Crippen molar-refractivity contribution >= 4 is 34.8 Å². The maximum atomic E-state index is 11.6. The van der Waals surface area contributed by atoms with E-state index in [0.717, 1.165) is 0 Å². The molecule has 0 spiro atoms. The number of hydrogen-bond acceptors (Lipinski definition) is 3. The largest absolute Gasteiger partial charge is 0.505 e. The molecule has 19 heavy (non-hydrogen) atoms. The van der Waals surface area contributed by atoms with E-state index in [1.807, 2.05) is 13.8 Å². The summed E-state index contributed by atoms with van der Waals surface area (Å²) in [6.07, 6.45) is 0.243. The van der Waals surface area contributed by atoms with Gasteiger partial charge in [-0.3, -0.25) is 9.59 Å². The molecule has 1 aromatic rings. The van der Waals surface area contributed by atoms with Gasteiger partial charge in [0.15, 0.2) is 0 Å². The van der Waals surface area contributed by atoms with Crippen molar-refractivity contribution in [2.75, 3.05) is 10.6 Å². The van der Waals surface area contributed by atoms with Crippen molar-refractivity contribution in [2.45, 2.75) is 32.6 Å². The Kier molecular flexibility index (Phi) is 3.18. The third-order valence-electron chi connectivity index (χ3n) is 3.11. The van der Waals surface area contributed by atoms with Crippen LogP contribution in [-0.4, -0.2) is 16.9 Å². The Bertz CT molecular complexity index is 582. The van der Waals surface area contributed by atoms with Gasteiger partial charge >= 0.3 is 0 Å². The molecule has 0 unspecified atom stereocenters. The van der Waals surface area contributed by atoms with Crippen molar-refractivity contribution in [1.29, 1.82) is 0 Å². The van der Waals surface area contributed by atoms with Gasteiger partial charge in [-0.2, -0.15) is 0 Å². The molecule has 3 N–H and O–H groups in total. The number of nitrogens with one attached hydrogen (secondary N) is 2. The molecule has 2 amide bonds. The van der Waals surface area contributed by atoms with Gasteiger partial charge in [0.25, 0.3) is 0 Å². The van der Waals surface area contributed by atoms with Crippen LogP contribution in [-0.2, 0) is 15.0 Å². The van der Waals surface area contributed by atoms with Crippen molar-refractivity contribution in [3.8, 4) is 5.75 Å². The minimum absolute atomic E-state index is 0.0559. The lowest BCUT2D eigenvalue weighted by Gasteiger charge is -2.33. The number of fused-ring (bicyclic) bond motifs is 1. The van der Waals surface area contributed by atoms with Crippen molar-refractivity contribution in [1.82, 2.24) is 0 Å². The fourth-order valence-corrected chi connectivity index (χ4v) is 2.63. The minimum Gasteiger partial charge on any atom is -0.505 e. The average Bonchev–Trinajstić information content (AvgIpc) is 2.22. The molecule has 0 aromatic heterocycles. The summed E-state index contributed by atoms with van der Waals surface area (Å²) in [5, 5.41) is 15.8. The highest BCUT2D eigenvalue weighted by Crippen LogP contribution is 2.49. The number of phenols is 1. The first-order valence-corrected chi connectivity index (χ1v) is 6.23. The predicted molar refractivity (Wildman–Crippen MR) is 73.7 cm³/mol. The molecule has 1 aliphatic heterocycles. The standard InChI is InChI=1S/C13H15ClN2O3/c1-6(17)15-8-4-7(14)11-10(12(8)19)13(2,3)5-9(18)16-11/h4,19H,5H2,1-3H3,(H,15,17)(H,16,18). The van der Waals surface area contributed by atoms with E-state index in [1.54, 1.807) is 0 Å². The molecule has 0 bridgehead atoms. The molecule has 0 radical (unpaired) electrons. The van der Waals surface area contributed by atoms with E-state index >= 15 is 0 Å². The molecule has 2 rings (SSSR count). The van der Waals surface area contributed by atoms with Crippen molar-refractivity contribution in [2.24, 2.45) is 0 Å². The number of anilines is 2. The van der Waals surface area contributed by atoms with Gasteiger partial charge in [0, 0.05) is 24.3 Å². The highest BCUT2D eigenvalue weighted by molar-refractivity contribution is 6.34. The summed E-state index contributed by atoms with van der Waals surface area (Å²) >= 11 is 6.12.